The zero-order valence-electron chi connectivity index (χ0n) is 14.8. The number of halogens is 3. The smallest absolute Gasteiger partial charge is 0.310 e. The van der Waals surface area contributed by atoms with Crippen molar-refractivity contribution in [2.75, 3.05) is 0 Å². The Morgan fingerprint density at radius 2 is 2.07 bits per heavy atom. The first-order valence-corrected chi connectivity index (χ1v) is 8.81. The van der Waals surface area contributed by atoms with E-state index in [2.05, 4.69) is 20.1 Å². The summed E-state index contributed by atoms with van der Waals surface area (Å²) in [6.07, 6.45) is -1.12. The zero-order chi connectivity index (χ0) is 19.3. The number of H-pyrrole nitrogens is 1. The molecule has 0 saturated heterocycles. The molecule has 1 atom stereocenters. The van der Waals surface area contributed by atoms with Crippen molar-refractivity contribution in [3.8, 4) is 0 Å². The van der Waals surface area contributed by atoms with Gasteiger partial charge in [0, 0.05) is 12.1 Å². The van der Waals surface area contributed by atoms with Crippen LogP contribution in [0.2, 0.25) is 0 Å². The maximum atomic E-state index is 12.8. The highest BCUT2D eigenvalue weighted by atomic mass is 19.4. The number of aryl methyl sites for hydroxylation is 1. The standard InChI is InChI=1S/C18H18F3N5O/c1-3-13(12-7-6-11(8-22-12)18(19,20)21)26-16-14(15(25-26)10-4-5-10)17(27)24-9(2)23-16/h6-8,10,13H,3-5H2,1-2H3,(H,23,24,27)/t13-/m0/s1. The van der Waals surface area contributed by atoms with Gasteiger partial charge in [-0.2, -0.15) is 18.3 Å². The molecule has 0 bridgehead atoms. The lowest BCUT2D eigenvalue weighted by Crippen LogP contribution is -2.16. The Hall–Kier alpha value is -2.71. The van der Waals surface area contributed by atoms with Gasteiger partial charge in [-0.25, -0.2) is 9.67 Å². The van der Waals surface area contributed by atoms with Crippen LogP contribution in [0.4, 0.5) is 13.2 Å². The van der Waals surface area contributed by atoms with Gasteiger partial charge in [0.15, 0.2) is 5.65 Å². The minimum atomic E-state index is -4.43. The van der Waals surface area contributed by atoms with Gasteiger partial charge in [0.1, 0.15) is 11.2 Å². The number of alkyl halides is 3. The van der Waals surface area contributed by atoms with Crippen molar-refractivity contribution in [1.82, 2.24) is 24.7 Å². The Morgan fingerprint density at radius 3 is 2.63 bits per heavy atom. The molecule has 4 rings (SSSR count). The van der Waals surface area contributed by atoms with Crippen molar-refractivity contribution >= 4 is 11.0 Å². The monoisotopic (exact) mass is 377 g/mol. The molecule has 0 unspecified atom stereocenters. The third-order valence-corrected chi connectivity index (χ3v) is 4.81. The second-order valence-electron chi connectivity index (χ2n) is 6.85. The van der Waals surface area contributed by atoms with Gasteiger partial charge in [-0.05, 0) is 38.3 Å². The van der Waals surface area contributed by atoms with E-state index >= 15 is 0 Å². The number of aromatic nitrogens is 5. The average Bonchev–Trinajstić information content (AvgIpc) is 3.38. The van der Waals surface area contributed by atoms with Gasteiger partial charge in [-0.3, -0.25) is 9.78 Å². The number of pyridine rings is 1. The second-order valence-corrected chi connectivity index (χ2v) is 6.85. The summed E-state index contributed by atoms with van der Waals surface area (Å²) in [5.41, 5.74) is 0.587. The van der Waals surface area contributed by atoms with E-state index in [0.29, 0.717) is 34.7 Å². The Morgan fingerprint density at radius 1 is 1.33 bits per heavy atom. The molecule has 1 N–H and O–H groups in total. The first-order chi connectivity index (χ1) is 12.8. The van der Waals surface area contributed by atoms with Gasteiger partial charge >= 0.3 is 6.18 Å². The van der Waals surface area contributed by atoms with Crippen LogP contribution >= 0.6 is 0 Å². The van der Waals surface area contributed by atoms with Crippen molar-refractivity contribution in [1.29, 1.82) is 0 Å². The topological polar surface area (TPSA) is 76.5 Å². The largest absolute Gasteiger partial charge is 0.417 e. The molecule has 27 heavy (non-hydrogen) atoms. The summed E-state index contributed by atoms with van der Waals surface area (Å²) < 4.78 is 40.1. The van der Waals surface area contributed by atoms with Crippen LogP contribution in [0, 0.1) is 6.92 Å². The summed E-state index contributed by atoms with van der Waals surface area (Å²) in [6.45, 7) is 3.58. The van der Waals surface area contributed by atoms with E-state index in [4.69, 9.17) is 0 Å². The van der Waals surface area contributed by atoms with Crippen LogP contribution in [-0.2, 0) is 6.18 Å². The Kier molecular flexibility index (Phi) is 4.05. The molecule has 3 aromatic rings. The van der Waals surface area contributed by atoms with Gasteiger partial charge in [-0.1, -0.05) is 6.92 Å². The van der Waals surface area contributed by atoms with E-state index in [1.807, 2.05) is 6.92 Å². The zero-order valence-corrected chi connectivity index (χ0v) is 14.8. The van der Waals surface area contributed by atoms with Crippen molar-refractivity contribution in [2.24, 2.45) is 0 Å². The summed E-state index contributed by atoms with van der Waals surface area (Å²) in [5.74, 6) is 0.698. The molecule has 0 aliphatic heterocycles. The van der Waals surface area contributed by atoms with Gasteiger partial charge in [-0.15, -0.1) is 0 Å². The quantitative estimate of drug-likeness (QED) is 0.752. The number of hydrogen-bond acceptors (Lipinski definition) is 4. The normalized spacial score (nSPS) is 16.0. The lowest BCUT2D eigenvalue weighted by Gasteiger charge is -2.16. The van der Waals surface area contributed by atoms with Crippen LogP contribution in [0.15, 0.2) is 23.1 Å². The van der Waals surface area contributed by atoms with Gasteiger partial charge in [0.25, 0.3) is 5.56 Å². The summed E-state index contributed by atoms with van der Waals surface area (Å²) in [7, 11) is 0. The molecule has 142 valence electrons. The number of rotatable bonds is 4. The Bertz CT molecular complexity index is 1050. The minimum Gasteiger partial charge on any atom is -0.310 e. The summed E-state index contributed by atoms with van der Waals surface area (Å²) >= 11 is 0. The molecule has 1 fully saturated rings. The lowest BCUT2D eigenvalue weighted by atomic mass is 10.1. The van der Waals surface area contributed by atoms with Crippen molar-refractivity contribution in [3.63, 3.8) is 0 Å². The molecular weight excluding hydrogens is 359 g/mol. The third kappa shape index (κ3) is 3.11. The number of aromatic amines is 1. The van der Waals surface area contributed by atoms with E-state index in [9.17, 15) is 18.0 Å². The molecule has 0 aromatic carbocycles. The summed E-state index contributed by atoms with van der Waals surface area (Å²) in [5, 5.41) is 5.11. The van der Waals surface area contributed by atoms with Crippen LogP contribution in [0.5, 0.6) is 0 Å². The first kappa shape index (κ1) is 17.7. The van der Waals surface area contributed by atoms with Crippen molar-refractivity contribution in [3.05, 3.63) is 51.5 Å². The third-order valence-electron chi connectivity index (χ3n) is 4.81. The van der Waals surface area contributed by atoms with E-state index in [1.165, 1.54) is 6.07 Å². The predicted molar refractivity (Wildman–Crippen MR) is 92.5 cm³/mol. The first-order valence-electron chi connectivity index (χ1n) is 8.81. The number of fused-ring (bicyclic) bond motifs is 1. The highest BCUT2D eigenvalue weighted by Gasteiger charge is 2.34. The van der Waals surface area contributed by atoms with Crippen LogP contribution in [0.3, 0.4) is 0 Å². The average molecular weight is 377 g/mol. The maximum absolute atomic E-state index is 12.8. The summed E-state index contributed by atoms with van der Waals surface area (Å²) in [4.78, 5) is 23.7. The highest BCUT2D eigenvalue weighted by Crippen LogP contribution is 2.42. The fourth-order valence-corrected chi connectivity index (χ4v) is 3.32. The lowest BCUT2D eigenvalue weighted by molar-refractivity contribution is -0.137. The van der Waals surface area contributed by atoms with Gasteiger partial charge in [0.2, 0.25) is 0 Å². The Labute approximate surface area is 152 Å². The van der Waals surface area contributed by atoms with E-state index < -0.39 is 17.8 Å². The van der Waals surface area contributed by atoms with Crippen LogP contribution in [0.25, 0.3) is 11.0 Å². The van der Waals surface area contributed by atoms with Crippen LogP contribution in [0.1, 0.15) is 60.9 Å². The predicted octanol–water partition coefficient (Wildman–Crippen LogP) is 3.72. The molecule has 0 spiro atoms. The number of hydrogen-bond donors (Lipinski definition) is 1. The van der Waals surface area contributed by atoms with E-state index in [1.54, 1.807) is 11.6 Å². The maximum Gasteiger partial charge on any atom is 0.417 e. The number of nitrogens with zero attached hydrogens (tertiary/aromatic N) is 4. The molecule has 1 saturated carbocycles. The fraction of sp³-hybridized carbons (Fsp3) is 0.444. The highest BCUT2D eigenvalue weighted by molar-refractivity contribution is 5.78. The SMILES string of the molecule is CC[C@@H](c1ccc(C(F)(F)F)cn1)n1nc(C2CC2)c2c(=O)[nH]c(C)nc21. The molecule has 0 amide bonds. The molecular formula is C18H18F3N5O. The van der Waals surface area contributed by atoms with Crippen molar-refractivity contribution < 1.29 is 13.2 Å². The minimum absolute atomic E-state index is 0.234. The van der Waals surface area contributed by atoms with Gasteiger partial charge in [0.05, 0.1) is 23.0 Å². The molecule has 9 heteroatoms. The number of nitrogens with one attached hydrogen (secondary N) is 1. The fourth-order valence-electron chi connectivity index (χ4n) is 3.32. The van der Waals surface area contributed by atoms with E-state index in [0.717, 1.165) is 25.1 Å². The van der Waals surface area contributed by atoms with Gasteiger partial charge < -0.3 is 4.98 Å². The van der Waals surface area contributed by atoms with Crippen molar-refractivity contribution in [2.45, 2.75) is 51.2 Å². The van der Waals surface area contributed by atoms with E-state index in [-0.39, 0.29) is 11.5 Å². The van der Waals surface area contributed by atoms with Crippen LogP contribution < -0.4 is 5.56 Å². The Balaban J connectivity index is 1.85. The molecule has 1 aliphatic rings. The summed E-state index contributed by atoms with van der Waals surface area (Å²) in [6, 6.07) is 1.97. The second kappa shape index (κ2) is 6.17. The molecule has 3 heterocycles. The molecule has 6 nitrogen and oxygen atoms in total. The molecule has 1 aliphatic carbocycles. The molecule has 0 radical (unpaired) electrons. The van der Waals surface area contributed by atoms with Crippen LogP contribution in [-0.4, -0.2) is 24.7 Å². The molecule has 3 aromatic heterocycles.